The van der Waals surface area contributed by atoms with Crippen molar-refractivity contribution in [3.8, 4) is 17.2 Å². The summed E-state index contributed by atoms with van der Waals surface area (Å²) in [5, 5.41) is 12.0. The number of carbonyl (C=O) groups excluding carboxylic acids is 3. The molecular formula is C32H39F3N4O9. The minimum Gasteiger partial charge on any atom is -0.497 e. The Balaban J connectivity index is 1.77. The first-order valence-electron chi connectivity index (χ1n) is 15.2. The van der Waals surface area contributed by atoms with Crippen LogP contribution >= 0.6 is 0 Å². The van der Waals surface area contributed by atoms with Gasteiger partial charge in [-0.05, 0) is 70.0 Å². The van der Waals surface area contributed by atoms with E-state index in [1.165, 1.54) is 18.9 Å². The van der Waals surface area contributed by atoms with Crippen LogP contribution in [0.25, 0.3) is 0 Å². The average Bonchev–Trinajstić information content (AvgIpc) is 3.04. The maximum Gasteiger partial charge on any atom is 0.417 e. The van der Waals surface area contributed by atoms with Crippen LogP contribution in [0.15, 0.2) is 36.4 Å². The van der Waals surface area contributed by atoms with Crippen LogP contribution < -0.4 is 24.4 Å². The largest absolute Gasteiger partial charge is 0.497 e. The quantitative estimate of drug-likeness (QED) is 0.367. The lowest BCUT2D eigenvalue weighted by molar-refractivity contribution is -0.139. The summed E-state index contributed by atoms with van der Waals surface area (Å²) < 4.78 is 65.6. The van der Waals surface area contributed by atoms with Crippen LogP contribution in [0.4, 0.5) is 28.4 Å². The molecule has 0 saturated carbocycles. The molecule has 13 nitrogen and oxygen atoms in total. The van der Waals surface area contributed by atoms with E-state index in [1.54, 1.807) is 38.1 Å². The number of hydrogen-bond acceptors (Lipinski definition) is 8. The predicted molar refractivity (Wildman–Crippen MR) is 166 cm³/mol. The Morgan fingerprint density at radius 2 is 1.81 bits per heavy atom. The normalized spacial score (nSPS) is 19.3. The lowest BCUT2D eigenvalue weighted by atomic mass is 9.96. The lowest BCUT2D eigenvalue weighted by Gasteiger charge is -2.42. The minimum atomic E-state index is -5.01. The van der Waals surface area contributed by atoms with Crippen LogP contribution in [-0.2, 0) is 15.7 Å². The van der Waals surface area contributed by atoms with Crippen molar-refractivity contribution in [1.82, 2.24) is 15.1 Å². The number of rotatable bonds is 10. The molecule has 4 amide bonds. The molecule has 16 heteroatoms. The average molecular weight is 681 g/mol. The fourth-order valence-corrected chi connectivity index (χ4v) is 5.82. The molecule has 2 aliphatic heterocycles. The van der Waals surface area contributed by atoms with Crippen LogP contribution in [0.5, 0.6) is 17.2 Å². The summed E-state index contributed by atoms with van der Waals surface area (Å²) in [6.45, 7) is 4.05. The van der Waals surface area contributed by atoms with Crippen molar-refractivity contribution in [2.24, 2.45) is 0 Å². The molecule has 2 heterocycles. The number of nitrogens with one attached hydrogen (secondary N) is 1. The van der Waals surface area contributed by atoms with E-state index in [-0.39, 0.29) is 37.6 Å². The zero-order valence-corrected chi connectivity index (χ0v) is 27.3. The summed E-state index contributed by atoms with van der Waals surface area (Å²) in [5.41, 5.74) is -3.96. The van der Waals surface area contributed by atoms with Gasteiger partial charge in [0.15, 0.2) is 0 Å². The van der Waals surface area contributed by atoms with E-state index in [2.05, 4.69) is 10.1 Å². The van der Waals surface area contributed by atoms with Gasteiger partial charge in [-0.1, -0.05) is 0 Å². The summed E-state index contributed by atoms with van der Waals surface area (Å²) in [4.78, 5) is 55.1. The van der Waals surface area contributed by atoms with Crippen molar-refractivity contribution >= 4 is 29.7 Å². The third-order valence-corrected chi connectivity index (χ3v) is 8.17. The summed E-state index contributed by atoms with van der Waals surface area (Å²) >= 11 is 0. The smallest absolute Gasteiger partial charge is 0.417 e. The van der Waals surface area contributed by atoms with Gasteiger partial charge in [0.05, 0.1) is 37.1 Å². The number of piperidine rings is 1. The zero-order chi connectivity index (χ0) is 35.4. The fraction of sp³-hybridized carbons (Fsp3) is 0.500. The van der Waals surface area contributed by atoms with Crippen molar-refractivity contribution < 1.29 is 56.4 Å². The first-order chi connectivity index (χ1) is 22.6. The molecule has 1 unspecified atom stereocenters. The number of ether oxygens (including phenoxy) is 4. The number of anilines is 1. The summed E-state index contributed by atoms with van der Waals surface area (Å²) in [7, 11) is 2.64. The van der Waals surface area contributed by atoms with Gasteiger partial charge in [0, 0.05) is 32.2 Å². The van der Waals surface area contributed by atoms with Gasteiger partial charge in [-0.3, -0.25) is 9.59 Å². The number of fused-ring (bicyclic) bond motifs is 1. The second kappa shape index (κ2) is 14.5. The monoisotopic (exact) mass is 680 g/mol. The molecule has 2 aromatic carbocycles. The van der Waals surface area contributed by atoms with Gasteiger partial charge in [-0.15, -0.1) is 0 Å². The van der Waals surface area contributed by atoms with Crippen LogP contribution in [-0.4, -0.2) is 104 Å². The number of alkyl halides is 3. The number of amides is 4. The fourth-order valence-electron chi connectivity index (χ4n) is 5.82. The Labute approximate surface area is 275 Å². The molecule has 1 saturated heterocycles. The molecule has 2 aliphatic rings. The number of nitrogens with zero attached hydrogens (tertiary/aromatic N) is 3. The Morgan fingerprint density at radius 3 is 2.40 bits per heavy atom. The van der Waals surface area contributed by atoms with Gasteiger partial charge in [0.1, 0.15) is 23.9 Å². The minimum absolute atomic E-state index is 0.0645. The van der Waals surface area contributed by atoms with Gasteiger partial charge >= 0.3 is 18.4 Å². The van der Waals surface area contributed by atoms with Gasteiger partial charge in [-0.25, -0.2) is 9.59 Å². The van der Waals surface area contributed by atoms with E-state index in [0.29, 0.717) is 30.4 Å². The highest BCUT2D eigenvalue weighted by atomic mass is 19.4. The van der Waals surface area contributed by atoms with Crippen LogP contribution in [0.3, 0.4) is 0 Å². The van der Waals surface area contributed by atoms with Crippen LogP contribution in [0.2, 0.25) is 0 Å². The number of carbonyl (C=O) groups is 4. The number of halogens is 3. The van der Waals surface area contributed by atoms with Crippen molar-refractivity contribution in [3.05, 3.63) is 47.5 Å². The highest BCUT2D eigenvalue weighted by molar-refractivity contribution is 6.05. The standard InChI is InChI=1S/C32H39F3N4O9/c1-19(2)39(20-7-6-13-37(17-20)30(43)44)27(40)23-15-25-26(16-24(23)32(33,34)35)48-31(3,18-47-22-10-8-21(45-4)9-11-22)28(41)38(25)14-12-36-29(42)46-5/h8-11,15-16,19-20H,6-7,12-14,17-18H2,1-5H3,(H,36,42)(H,43,44)/t20-,31?/m1/s1. The van der Waals surface area contributed by atoms with E-state index < -0.39 is 65.6 Å². The van der Waals surface area contributed by atoms with E-state index in [9.17, 15) is 37.5 Å². The molecule has 2 N–H and O–H groups in total. The second-order valence-corrected chi connectivity index (χ2v) is 11.9. The number of hydrogen-bond donors (Lipinski definition) is 2. The number of methoxy groups -OCH3 is 2. The third kappa shape index (κ3) is 7.80. The molecule has 2 aromatic rings. The molecule has 0 aromatic heterocycles. The first-order valence-corrected chi connectivity index (χ1v) is 15.2. The van der Waals surface area contributed by atoms with E-state index in [1.807, 2.05) is 0 Å². The molecule has 4 rings (SSSR count). The van der Waals surface area contributed by atoms with Gasteiger partial charge in [-0.2, -0.15) is 13.2 Å². The van der Waals surface area contributed by atoms with Crippen molar-refractivity contribution in [2.75, 3.05) is 51.9 Å². The molecule has 0 spiro atoms. The summed E-state index contributed by atoms with van der Waals surface area (Å²) in [6.07, 6.45) is -6.18. The third-order valence-electron chi connectivity index (χ3n) is 8.17. The Bertz CT molecular complexity index is 1520. The maximum absolute atomic E-state index is 14.7. The maximum atomic E-state index is 14.7. The molecule has 48 heavy (non-hydrogen) atoms. The molecule has 2 atom stereocenters. The Morgan fingerprint density at radius 1 is 1.15 bits per heavy atom. The Hall–Kier alpha value is -4.89. The molecule has 0 aliphatic carbocycles. The summed E-state index contributed by atoms with van der Waals surface area (Å²) in [5.74, 6) is -1.11. The number of benzene rings is 2. The van der Waals surface area contributed by atoms with E-state index in [0.717, 1.165) is 23.0 Å². The van der Waals surface area contributed by atoms with Gasteiger partial charge in [0.25, 0.3) is 11.8 Å². The molecule has 0 radical (unpaired) electrons. The molecule has 262 valence electrons. The summed E-state index contributed by atoms with van der Waals surface area (Å²) in [6, 6.07) is 6.80. The van der Waals surface area contributed by atoms with E-state index >= 15 is 0 Å². The highest BCUT2D eigenvalue weighted by Gasteiger charge is 2.48. The van der Waals surface area contributed by atoms with E-state index in [4.69, 9.17) is 14.2 Å². The van der Waals surface area contributed by atoms with Crippen molar-refractivity contribution in [2.45, 2.75) is 57.5 Å². The lowest BCUT2D eigenvalue weighted by Crippen LogP contribution is -2.58. The number of alkyl carbamates (subject to hydrolysis) is 1. The van der Waals surface area contributed by atoms with Crippen molar-refractivity contribution in [3.63, 3.8) is 0 Å². The SMILES string of the molecule is COC(=O)NCCN1C(=O)C(C)(COc2ccc(OC)cc2)Oc2cc(C(F)(F)F)c(C(=O)N(C(C)C)[C@@H]3CCCN(C(=O)O)C3)cc21. The first kappa shape index (κ1) is 36.0. The van der Waals surface area contributed by atoms with Gasteiger partial charge in [0.2, 0.25) is 5.60 Å². The molecule has 0 bridgehead atoms. The van der Waals surface area contributed by atoms with Crippen LogP contribution in [0, 0.1) is 0 Å². The van der Waals surface area contributed by atoms with Crippen LogP contribution in [0.1, 0.15) is 49.5 Å². The van der Waals surface area contributed by atoms with Gasteiger partial charge < -0.3 is 44.1 Å². The second-order valence-electron chi connectivity index (χ2n) is 11.9. The highest BCUT2D eigenvalue weighted by Crippen LogP contribution is 2.45. The number of likely N-dealkylation sites (tertiary alicyclic amines) is 1. The molecular weight excluding hydrogens is 641 g/mol. The Kier molecular flexibility index (Phi) is 10.8. The molecule has 1 fully saturated rings. The topological polar surface area (TPSA) is 147 Å². The number of carboxylic acid groups (broad SMARTS) is 1. The zero-order valence-electron chi connectivity index (χ0n) is 27.3. The predicted octanol–water partition coefficient (Wildman–Crippen LogP) is 4.63. The van der Waals surface area contributed by atoms with Crippen molar-refractivity contribution in [1.29, 1.82) is 0 Å².